The van der Waals surface area contributed by atoms with E-state index in [1.54, 1.807) is 0 Å². The van der Waals surface area contributed by atoms with Gasteiger partial charge in [-0.25, -0.2) is 18.6 Å². The summed E-state index contributed by atoms with van der Waals surface area (Å²) in [5.74, 6) is -0.834. The number of aliphatic carboxylic acids is 1. The summed E-state index contributed by atoms with van der Waals surface area (Å²) in [5, 5.41) is 15.4. The Labute approximate surface area is 218 Å². The number of nitrogens with zero attached hydrogens (tertiary/aromatic N) is 2. The Bertz CT molecular complexity index is 895. The van der Waals surface area contributed by atoms with Crippen LogP contribution in [0, 0.1) is 5.41 Å². The zero-order valence-corrected chi connectivity index (χ0v) is 22.1. The van der Waals surface area contributed by atoms with Crippen LogP contribution in [0.15, 0.2) is 12.1 Å². The van der Waals surface area contributed by atoms with Gasteiger partial charge in [0, 0.05) is 37.2 Å². The number of aryl methyl sites for hydroxylation is 2. The first kappa shape index (κ1) is 29.2. The van der Waals surface area contributed by atoms with Gasteiger partial charge < -0.3 is 25.4 Å². The minimum atomic E-state index is -2.67. The molecule has 0 radical (unpaired) electrons. The van der Waals surface area contributed by atoms with E-state index in [0.717, 1.165) is 69.5 Å². The number of ether oxygens (including phenoxy) is 1. The molecule has 3 rings (SSSR count). The molecule has 208 valence electrons. The molecule has 1 aliphatic heterocycles. The van der Waals surface area contributed by atoms with Gasteiger partial charge in [0.2, 0.25) is 12.3 Å². The predicted molar refractivity (Wildman–Crippen MR) is 138 cm³/mol. The quantitative estimate of drug-likeness (QED) is 0.266. The predicted octanol–water partition coefficient (Wildman–Crippen LogP) is 3.88. The molecule has 0 bridgehead atoms. The number of halogens is 2. The van der Waals surface area contributed by atoms with Crippen molar-refractivity contribution in [3.63, 3.8) is 0 Å². The third-order valence-corrected chi connectivity index (χ3v) is 6.97. The molecule has 1 aromatic heterocycles. The van der Waals surface area contributed by atoms with E-state index in [9.17, 15) is 23.5 Å². The number of hydrogen-bond acceptors (Lipinski definition) is 6. The Balaban J connectivity index is 1.46. The molecule has 1 saturated carbocycles. The van der Waals surface area contributed by atoms with Gasteiger partial charge in [0.1, 0.15) is 11.9 Å². The van der Waals surface area contributed by atoms with Crippen LogP contribution in [0.1, 0.15) is 70.1 Å². The summed E-state index contributed by atoms with van der Waals surface area (Å²) < 4.78 is 32.0. The molecule has 1 unspecified atom stereocenters. The molecular formula is C27H42F2N4O4. The van der Waals surface area contributed by atoms with E-state index in [2.05, 4.69) is 27.7 Å². The van der Waals surface area contributed by atoms with E-state index < -0.39 is 36.2 Å². The summed E-state index contributed by atoms with van der Waals surface area (Å²) in [4.78, 5) is 30.9. The molecule has 1 fully saturated rings. The molecule has 1 amide bonds. The van der Waals surface area contributed by atoms with Gasteiger partial charge in [-0.15, -0.1) is 0 Å². The maximum absolute atomic E-state index is 13.1. The van der Waals surface area contributed by atoms with Crippen LogP contribution in [-0.2, 0) is 27.2 Å². The van der Waals surface area contributed by atoms with E-state index in [1.807, 2.05) is 0 Å². The molecule has 1 atom stereocenters. The minimum Gasteiger partial charge on any atom is -0.480 e. The van der Waals surface area contributed by atoms with Gasteiger partial charge in [0.25, 0.3) is 0 Å². The number of carbonyl (C=O) groups excluding carboxylic acids is 1. The normalized spacial score (nSPS) is 16.4. The second-order valence-corrected chi connectivity index (χ2v) is 10.9. The Morgan fingerprint density at radius 1 is 1.24 bits per heavy atom. The number of pyridine rings is 1. The van der Waals surface area contributed by atoms with Crippen molar-refractivity contribution in [2.24, 2.45) is 5.41 Å². The van der Waals surface area contributed by atoms with E-state index in [0.29, 0.717) is 25.8 Å². The van der Waals surface area contributed by atoms with E-state index in [4.69, 9.17) is 9.72 Å². The van der Waals surface area contributed by atoms with Gasteiger partial charge in [0.05, 0.1) is 12.7 Å². The van der Waals surface area contributed by atoms with Gasteiger partial charge in [-0.05, 0) is 69.5 Å². The van der Waals surface area contributed by atoms with Gasteiger partial charge in [-0.2, -0.15) is 0 Å². The molecule has 3 N–H and O–H groups in total. The van der Waals surface area contributed by atoms with Crippen molar-refractivity contribution in [3.8, 4) is 0 Å². The maximum Gasteiger partial charge on any atom is 0.326 e. The third-order valence-electron chi connectivity index (χ3n) is 6.97. The Morgan fingerprint density at radius 3 is 2.73 bits per heavy atom. The van der Waals surface area contributed by atoms with Crippen LogP contribution in [-0.4, -0.2) is 78.2 Å². The standard InChI is InChI=1S/C27H42F2N4O4/c1-27(2,26(28)29)18-23(34)32-22(25(35)36)12-15-33(16-17-37-21-10-11-21)14-4-3-7-20-9-8-19-6-5-13-30-24(19)31-20/h8-9,21-22,26H,3-7,10-18H2,1-2H3,(H,30,31)(H,32,34)(H,35,36). The number of unbranched alkanes of at least 4 members (excludes halogenated alkanes) is 1. The van der Waals surface area contributed by atoms with Crippen LogP contribution in [0.3, 0.4) is 0 Å². The molecule has 1 aromatic rings. The SMILES string of the molecule is CC(C)(CC(=O)NC(CCN(CCCCc1ccc2c(n1)NCCC2)CCOC1CC1)C(=O)O)C(F)F. The first-order valence-corrected chi connectivity index (χ1v) is 13.5. The molecular weight excluding hydrogens is 482 g/mol. The van der Waals surface area contributed by atoms with Crippen LogP contribution >= 0.6 is 0 Å². The average Bonchev–Trinajstić information content (AvgIpc) is 3.67. The smallest absolute Gasteiger partial charge is 0.326 e. The number of rotatable bonds is 17. The second-order valence-electron chi connectivity index (χ2n) is 10.9. The zero-order chi connectivity index (χ0) is 26.8. The molecule has 37 heavy (non-hydrogen) atoms. The molecule has 8 nitrogen and oxygen atoms in total. The fourth-order valence-corrected chi connectivity index (χ4v) is 4.37. The van der Waals surface area contributed by atoms with Gasteiger partial charge in [-0.3, -0.25) is 4.79 Å². The first-order valence-electron chi connectivity index (χ1n) is 13.5. The van der Waals surface area contributed by atoms with Crippen molar-refractivity contribution in [1.29, 1.82) is 0 Å². The van der Waals surface area contributed by atoms with Crippen LogP contribution in [0.4, 0.5) is 14.6 Å². The van der Waals surface area contributed by atoms with Crippen molar-refractivity contribution in [1.82, 2.24) is 15.2 Å². The number of fused-ring (bicyclic) bond motifs is 1. The zero-order valence-electron chi connectivity index (χ0n) is 22.1. The summed E-state index contributed by atoms with van der Waals surface area (Å²) in [7, 11) is 0. The number of aromatic nitrogens is 1. The summed E-state index contributed by atoms with van der Waals surface area (Å²) in [6.07, 6.45) is 4.55. The Hall–Kier alpha value is -2.33. The molecule has 10 heteroatoms. The molecule has 2 heterocycles. The number of carboxylic acid groups (broad SMARTS) is 1. The highest BCUT2D eigenvalue weighted by molar-refractivity contribution is 5.83. The molecule has 0 aromatic carbocycles. The lowest BCUT2D eigenvalue weighted by molar-refractivity contribution is -0.142. The van der Waals surface area contributed by atoms with E-state index >= 15 is 0 Å². The fourth-order valence-electron chi connectivity index (χ4n) is 4.37. The third kappa shape index (κ3) is 10.2. The van der Waals surface area contributed by atoms with Crippen LogP contribution in [0.5, 0.6) is 0 Å². The molecule has 0 spiro atoms. The van der Waals surface area contributed by atoms with Crippen LogP contribution in [0.25, 0.3) is 0 Å². The number of carboxylic acids is 1. The Morgan fingerprint density at radius 2 is 2.03 bits per heavy atom. The lowest BCUT2D eigenvalue weighted by Crippen LogP contribution is -2.45. The average molecular weight is 525 g/mol. The number of anilines is 1. The monoisotopic (exact) mass is 524 g/mol. The number of amides is 1. The molecule has 1 aliphatic carbocycles. The highest BCUT2D eigenvalue weighted by Crippen LogP contribution is 2.28. The first-order chi connectivity index (χ1) is 17.6. The number of nitrogens with one attached hydrogen (secondary N) is 2. The van der Waals surface area contributed by atoms with Crippen molar-refractivity contribution < 1.29 is 28.2 Å². The lowest BCUT2D eigenvalue weighted by Gasteiger charge is -2.26. The second kappa shape index (κ2) is 14.0. The van der Waals surface area contributed by atoms with Crippen molar-refractivity contribution in [2.75, 3.05) is 38.1 Å². The molecule has 0 saturated heterocycles. The molecule has 2 aliphatic rings. The van der Waals surface area contributed by atoms with E-state index in [1.165, 1.54) is 19.4 Å². The van der Waals surface area contributed by atoms with Crippen molar-refractivity contribution in [2.45, 2.75) is 90.2 Å². The van der Waals surface area contributed by atoms with Crippen molar-refractivity contribution >= 4 is 17.7 Å². The summed E-state index contributed by atoms with van der Waals surface area (Å²) in [6, 6.07) is 3.14. The van der Waals surface area contributed by atoms with Gasteiger partial charge >= 0.3 is 5.97 Å². The lowest BCUT2D eigenvalue weighted by atomic mass is 9.89. The summed E-state index contributed by atoms with van der Waals surface area (Å²) in [5.41, 5.74) is 0.828. The van der Waals surface area contributed by atoms with Gasteiger partial charge in [0.15, 0.2) is 0 Å². The Kier molecular flexibility index (Phi) is 11.1. The highest BCUT2D eigenvalue weighted by atomic mass is 19.3. The van der Waals surface area contributed by atoms with Crippen molar-refractivity contribution in [3.05, 3.63) is 23.4 Å². The summed E-state index contributed by atoms with van der Waals surface area (Å²) >= 11 is 0. The van der Waals surface area contributed by atoms with Crippen LogP contribution in [0.2, 0.25) is 0 Å². The highest BCUT2D eigenvalue weighted by Gasteiger charge is 2.33. The topological polar surface area (TPSA) is 104 Å². The minimum absolute atomic E-state index is 0.192. The maximum atomic E-state index is 13.1. The number of hydrogen-bond donors (Lipinski definition) is 3. The van der Waals surface area contributed by atoms with Crippen LogP contribution < -0.4 is 10.6 Å². The number of carbonyl (C=O) groups is 2. The number of alkyl halides is 2. The summed E-state index contributed by atoms with van der Waals surface area (Å²) in [6.45, 7) is 6.05. The van der Waals surface area contributed by atoms with Gasteiger partial charge in [-0.1, -0.05) is 19.9 Å². The largest absolute Gasteiger partial charge is 0.480 e. The fraction of sp³-hybridized carbons (Fsp3) is 0.741. The van der Waals surface area contributed by atoms with E-state index in [-0.39, 0.29) is 6.42 Å².